The highest BCUT2D eigenvalue weighted by atomic mass is 16.6. The molecule has 0 spiro atoms. The number of anilines is 1. The molecule has 2 heterocycles. The van der Waals surface area contributed by atoms with Crippen LogP contribution < -0.4 is 5.73 Å². The van der Waals surface area contributed by atoms with Gasteiger partial charge in [0, 0.05) is 24.3 Å². The maximum atomic E-state index is 12.1. The summed E-state index contributed by atoms with van der Waals surface area (Å²) >= 11 is 0. The molecule has 3 rings (SSSR count). The van der Waals surface area contributed by atoms with Gasteiger partial charge in [-0.2, -0.15) is 4.98 Å². The number of carbonyl (C=O) groups excluding carboxylic acids is 1. The van der Waals surface area contributed by atoms with Gasteiger partial charge in [-0.3, -0.25) is 0 Å². The predicted octanol–water partition coefficient (Wildman–Crippen LogP) is 3.23. The minimum Gasteiger partial charge on any atom is -0.444 e. The standard InChI is InChI=1S/C19H26N4O4/c1-19(2,3)26-18(24)23-9-7-15(8-10-23)25-12-16-21-17(27-22-16)13-5-4-6-14(20)11-13/h4-6,11,15H,7-10,12,20H2,1-3H3. The largest absolute Gasteiger partial charge is 0.444 e. The predicted molar refractivity (Wildman–Crippen MR) is 99.8 cm³/mol. The van der Waals surface area contributed by atoms with Crippen molar-refractivity contribution >= 4 is 11.8 Å². The average Bonchev–Trinajstić information content (AvgIpc) is 3.08. The number of ether oxygens (including phenoxy) is 2. The van der Waals surface area contributed by atoms with Gasteiger partial charge in [-0.1, -0.05) is 11.2 Å². The van der Waals surface area contributed by atoms with Gasteiger partial charge in [0.15, 0.2) is 5.82 Å². The van der Waals surface area contributed by atoms with Crippen LogP contribution in [0.5, 0.6) is 0 Å². The number of hydrogen-bond donors (Lipinski definition) is 1. The number of nitrogen functional groups attached to an aromatic ring is 1. The van der Waals surface area contributed by atoms with Crippen molar-refractivity contribution < 1.29 is 18.8 Å². The van der Waals surface area contributed by atoms with Crippen LogP contribution in [-0.4, -0.2) is 45.9 Å². The Kier molecular flexibility index (Phi) is 5.65. The molecular weight excluding hydrogens is 348 g/mol. The summed E-state index contributed by atoms with van der Waals surface area (Å²) in [5.74, 6) is 0.905. The Bertz CT molecular complexity index is 776. The third-order valence-corrected chi connectivity index (χ3v) is 4.14. The minimum absolute atomic E-state index is 0.0537. The van der Waals surface area contributed by atoms with E-state index in [0.717, 1.165) is 18.4 Å². The first-order chi connectivity index (χ1) is 12.8. The van der Waals surface area contributed by atoms with Crippen LogP contribution in [0.15, 0.2) is 28.8 Å². The van der Waals surface area contributed by atoms with Gasteiger partial charge in [0.1, 0.15) is 12.2 Å². The molecule has 2 N–H and O–H groups in total. The van der Waals surface area contributed by atoms with Crippen LogP contribution in [0.2, 0.25) is 0 Å². The second-order valence-corrected chi connectivity index (χ2v) is 7.62. The van der Waals surface area contributed by atoms with E-state index < -0.39 is 5.60 Å². The van der Waals surface area contributed by atoms with Crippen molar-refractivity contribution in [2.24, 2.45) is 0 Å². The maximum absolute atomic E-state index is 12.1. The molecule has 1 amide bonds. The third kappa shape index (κ3) is 5.43. The summed E-state index contributed by atoms with van der Waals surface area (Å²) < 4.78 is 16.6. The first-order valence-electron chi connectivity index (χ1n) is 9.08. The summed E-state index contributed by atoms with van der Waals surface area (Å²) in [4.78, 5) is 18.1. The lowest BCUT2D eigenvalue weighted by molar-refractivity contribution is -0.0190. The first-order valence-corrected chi connectivity index (χ1v) is 9.08. The number of likely N-dealkylation sites (tertiary alicyclic amines) is 1. The van der Waals surface area contributed by atoms with Crippen LogP contribution in [0.1, 0.15) is 39.4 Å². The Morgan fingerprint density at radius 2 is 2.07 bits per heavy atom. The van der Waals surface area contributed by atoms with Crippen LogP contribution in [0.3, 0.4) is 0 Å². The molecule has 0 saturated carbocycles. The fourth-order valence-electron chi connectivity index (χ4n) is 2.83. The summed E-state index contributed by atoms with van der Waals surface area (Å²) in [5, 5.41) is 3.95. The highest BCUT2D eigenvalue weighted by Crippen LogP contribution is 2.21. The van der Waals surface area contributed by atoms with Crippen molar-refractivity contribution in [1.29, 1.82) is 0 Å². The molecule has 1 fully saturated rings. The fraction of sp³-hybridized carbons (Fsp3) is 0.526. The third-order valence-electron chi connectivity index (χ3n) is 4.14. The molecule has 0 radical (unpaired) electrons. The van der Waals surface area contributed by atoms with Gasteiger partial charge in [0.05, 0.1) is 6.10 Å². The molecule has 1 saturated heterocycles. The summed E-state index contributed by atoms with van der Waals surface area (Å²) in [5.41, 5.74) is 6.71. The summed E-state index contributed by atoms with van der Waals surface area (Å²) in [7, 11) is 0. The average molecular weight is 374 g/mol. The van der Waals surface area contributed by atoms with Crippen molar-refractivity contribution in [2.45, 2.75) is 51.9 Å². The van der Waals surface area contributed by atoms with E-state index in [1.807, 2.05) is 32.9 Å². The van der Waals surface area contributed by atoms with Crippen molar-refractivity contribution in [3.05, 3.63) is 30.1 Å². The van der Waals surface area contributed by atoms with E-state index in [0.29, 0.717) is 30.5 Å². The van der Waals surface area contributed by atoms with Gasteiger partial charge < -0.3 is 24.6 Å². The maximum Gasteiger partial charge on any atom is 0.410 e. The van der Waals surface area contributed by atoms with E-state index in [9.17, 15) is 4.79 Å². The Hall–Kier alpha value is -2.61. The number of rotatable bonds is 4. The number of carbonyl (C=O) groups is 1. The normalized spacial score (nSPS) is 15.7. The van der Waals surface area contributed by atoms with Gasteiger partial charge in [-0.15, -0.1) is 0 Å². The Morgan fingerprint density at radius 1 is 1.33 bits per heavy atom. The first kappa shape index (κ1) is 19.2. The minimum atomic E-state index is -0.482. The van der Waals surface area contributed by atoms with Gasteiger partial charge in [0.2, 0.25) is 0 Å². The molecule has 1 aromatic carbocycles. The monoisotopic (exact) mass is 374 g/mol. The molecule has 1 aromatic heterocycles. The lowest BCUT2D eigenvalue weighted by atomic mass is 10.1. The van der Waals surface area contributed by atoms with E-state index in [1.165, 1.54) is 0 Å². The number of piperidine rings is 1. The van der Waals surface area contributed by atoms with Crippen LogP contribution in [0.4, 0.5) is 10.5 Å². The molecule has 0 unspecified atom stereocenters. The number of aromatic nitrogens is 2. The zero-order valence-corrected chi connectivity index (χ0v) is 16.0. The molecule has 8 nitrogen and oxygen atoms in total. The highest BCUT2D eigenvalue weighted by Gasteiger charge is 2.27. The van der Waals surface area contributed by atoms with Crippen LogP contribution in [0.25, 0.3) is 11.5 Å². The number of hydrogen-bond acceptors (Lipinski definition) is 7. The van der Waals surface area contributed by atoms with Crippen LogP contribution in [-0.2, 0) is 16.1 Å². The fourth-order valence-corrected chi connectivity index (χ4v) is 2.83. The lowest BCUT2D eigenvalue weighted by Gasteiger charge is -2.33. The molecule has 0 atom stereocenters. The molecule has 0 aliphatic carbocycles. The van der Waals surface area contributed by atoms with E-state index in [2.05, 4.69) is 10.1 Å². The van der Waals surface area contributed by atoms with E-state index in [4.69, 9.17) is 19.7 Å². The van der Waals surface area contributed by atoms with E-state index in [-0.39, 0.29) is 18.8 Å². The van der Waals surface area contributed by atoms with E-state index >= 15 is 0 Å². The summed E-state index contributed by atoms with van der Waals surface area (Å²) in [6, 6.07) is 7.28. The molecule has 8 heteroatoms. The smallest absolute Gasteiger partial charge is 0.410 e. The topological polar surface area (TPSA) is 104 Å². The van der Waals surface area contributed by atoms with Gasteiger partial charge in [-0.05, 0) is 51.8 Å². The quantitative estimate of drug-likeness (QED) is 0.819. The molecule has 2 aromatic rings. The number of benzene rings is 1. The van der Waals surface area contributed by atoms with Gasteiger partial charge >= 0.3 is 6.09 Å². The lowest BCUT2D eigenvalue weighted by Crippen LogP contribution is -2.43. The number of amides is 1. The summed E-state index contributed by atoms with van der Waals surface area (Å²) in [6.45, 7) is 7.08. The Labute approximate surface area is 158 Å². The molecule has 1 aliphatic heterocycles. The van der Waals surface area contributed by atoms with Crippen LogP contribution >= 0.6 is 0 Å². The second-order valence-electron chi connectivity index (χ2n) is 7.62. The zero-order chi connectivity index (χ0) is 19.4. The Morgan fingerprint density at radius 3 is 2.74 bits per heavy atom. The number of nitrogens with zero attached hydrogens (tertiary/aromatic N) is 3. The van der Waals surface area contributed by atoms with Crippen molar-refractivity contribution in [2.75, 3.05) is 18.8 Å². The molecule has 27 heavy (non-hydrogen) atoms. The van der Waals surface area contributed by atoms with Crippen molar-refractivity contribution in [1.82, 2.24) is 15.0 Å². The SMILES string of the molecule is CC(C)(C)OC(=O)N1CCC(OCc2noc(-c3cccc(N)c3)n2)CC1. The zero-order valence-electron chi connectivity index (χ0n) is 16.0. The highest BCUT2D eigenvalue weighted by molar-refractivity contribution is 5.68. The van der Waals surface area contributed by atoms with Gasteiger partial charge in [0.25, 0.3) is 5.89 Å². The number of nitrogens with two attached hydrogens (primary N) is 1. The Balaban J connectivity index is 1.46. The van der Waals surface area contributed by atoms with E-state index in [1.54, 1.807) is 17.0 Å². The molecule has 146 valence electrons. The second kappa shape index (κ2) is 7.96. The van der Waals surface area contributed by atoms with Crippen molar-refractivity contribution in [3.8, 4) is 11.5 Å². The van der Waals surface area contributed by atoms with Crippen LogP contribution in [0, 0.1) is 0 Å². The molecular formula is C19H26N4O4. The van der Waals surface area contributed by atoms with Crippen molar-refractivity contribution in [3.63, 3.8) is 0 Å². The summed E-state index contributed by atoms with van der Waals surface area (Å²) in [6.07, 6.45) is 1.28. The van der Waals surface area contributed by atoms with Gasteiger partial charge in [-0.25, -0.2) is 4.79 Å². The molecule has 1 aliphatic rings. The molecule has 0 bridgehead atoms.